The molecule has 0 saturated carbocycles. The summed E-state index contributed by atoms with van der Waals surface area (Å²) in [6.07, 6.45) is 1.21. The third-order valence-corrected chi connectivity index (χ3v) is 3.36. The Bertz CT molecular complexity index is 671. The molecule has 6 nitrogen and oxygen atoms in total. The van der Waals surface area contributed by atoms with E-state index in [2.05, 4.69) is 10.3 Å². The maximum Gasteiger partial charge on any atom is 0.313 e. The number of aromatic nitrogens is 1. The number of rotatable bonds is 4. The van der Waals surface area contributed by atoms with Crippen LogP contribution in [-0.2, 0) is 10.2 Å². The van der Waals surface area contributed by atoms with Crippen LogP contribution < -0.4 is 5.32 Å². The Labute approximate surface area is 121 Å². The molecule has 1 heterocycles. The molecule has 0 bridgehead atoms. The molecule has 0 aliphatic carbocycles. The molecule has 2 N–H and O–H groups in total. The lowest BCUT2D eigenvalue weighted by Gasteiger charge is -2.19. The average molecular weight is 288 g/mol. The molecule has 110 valence electrons. The molecular weight excluding hydrogens is 272 g/mol. The van der Waals surface area contributed by atoms with E-state index in [0.717, 1.165) is 0 Å². The van der Waals surface area contributed by atoms with Gasteiger partial charge in [0.2, 0.25) is 0 Å². The first-order valence-corrected chi connectivity index (χ1v) is 6.37. The zero-order valence-corrected chi connectivity index (χ0v) is 12.0. The van der Waals surface area contributed by atoms with Gasteiger partial charge in [0.25, 0.3) is 5.91 Å². The SMILES string of the molecule is Cc1ocnc1C(=O)Nc1ccc(C(C)(C)C(=O)O)cc1. The van der Waals surface area contributed by atoms with E-state index >= 15 is 0 Å². The smallest absolute Gasteiger partial charge is 0.313 e. The molecule has 0 saturated heterocycles. The number of aliphatic carboxylic acids is 1. The van der Waals surface area contributed by atoms with Gasteiger partial charge in [0, 0.05) is 5.69 Å². The van der Waals surface area contributed by atoms with Gasteiger partial charge in [-0.2, -0.15) is 0 Å². The van der Waals surface area contributed by atoms with Gasteiger partial charge >= 0.3 is 5.97 Å². The van der Waals surface area contributed by atoms with Gasteiger partial charge in [0.05, 0.1) is 5.41 Å². The van der Waals surface area contributed by atoms with E-state index in [1.165, 1.54) is 6.39 Å². The number of aryl methyl sites for hydroxylation is 1. The molecule has 1 aromatic carbocycles. The van der Waals surface area contributed by atoms with Gasteiger partial charge in [-0.05, 0) is 38.5 Å². The van der Waals surface area contributed by atoms with Crippen LogP contribution in [0.25, 0.3) is 0 Å². The van der Waals surface area contributed by atoms with Crippen LogP contribution >= 0.6 is 0 Å². The monoisotopic (exact) mass is 288 g/mol. The summed E-state index contributed by atoms with van der Waals surface area (Å²) in [5, 5.41) is 11.9. The first kappa shape index (κ1) is 14.8. The fourth-order valence-electron chi connectivity index (χ4n) is 1.81. The fraction of sp³-hybridized carbons (Fsp3) is 0.267. The summed E-state index contributed by atoms with van der Waals surface area (Å²) < 4.78 is 4.98. The molecule has 21 heavy (non-hydrogen) atoms. The number of carbonyl (C=O) groups excluding carboxylic acids is 1. The molecule has 0 atom stereocenters. The standard InChI is InChI=1S/C15H16N2O4/c1-9-12(16-8-21-9)13(18)17-11-6-4-10(5-7-11)15(2,3)14(19)20/h4-8H,1-3H3,(H,17,18)(H,19,20). The van der Waals surface area contributed by atoms with E-state index in [-0.39, 0.29) is 11.6 Å². The summed E-state index contributed by atoms with van der Waals surface area (Å²) in [4.78, 5) is 27.0. The Balaban J connectivity index is 2.15. The lowest BCUT2D eigenvalue weighted by Crippen LogP contribution is -2.28. The molecule has 1 amide bonds. The number of benzene rings is 1. The lowest BCUT2D eigenvalue weighted by molar-refractivity contribution is -0.142. The van der Waals surface area contributed by atoms with Gasteiger partial charge in [0.15, 0.2) is 12.1 Å². The second-order valence-corrected chi connectivity index (χ2v) is 5.22. The van der Waals surface area contributed by atoms with Crippen molar-refractivity contribution in [1.29, 1.82) is 0 Å². The van der Waals surface area contributed by atoms with Gasteiger partial charge in [-0.25, -0.2) is 4.98 Å². The molecule has 0 fully saturated rings. The van der Waals surface area contributed by atoms with Gasteiger partial charge in [-0.3, -0.25) is 9.59 Å². The van der Waals surface area contributed by atoms with Crippen LogP contribution in [0.5, 0.6) is 0 Å². The molecule has 0 aliphatic heterocycles. The van der Waals surface area contributed by atoms with E-state index in [1.54, 1.807) is 45.0 Å². The molecular formula is C15H16N2O4. The second-order valence-electron chi connectivity index (χ2n) is 5.22. The first-order chi connectivity index (χ1) is 9.82. The number of nitrogens with zero attached hydrogens (tertiary/aromatic N) is 1. The highest BCUT2D eigenvalue weighted by atomic mass is 16.4. The predicted molar refractivity (Wildman–Crippen MR) is 76.3 cm³/mol. The third-order valence-electron chi connectivity index (χ3n) is 3.36. The van der Waals surface area contributed by atoms with Crippen LogP contribution in [0.3, 0.4) is 0 Å². The summed E-state index contributed by atoms with van der Waals surface area (Å²) in [6, 6.07) is 6.68. The van der Waals surface area contributed by atoms with Crippen molar-refractivity contribution in [2.75, 3.05) is 5.32 Å². The van der Waals surface area contributed by atoms with Crippen LogP contribution in [0.15, 0.2) is 35.1 Å². The van der Waals surface area contributed by atoms with Gasteiger partial charge in [-0.15, -0.1) is 0 Å². The maximum absolute atomic E-state index is 12.0. The zero-order chi connectivity index (χ0) is 15.6. The molecule has 0 unspecified atom stereocenters. The average Bonchev–Trinajstić information content (AvgIpc) is 2.85. The maximum atomic E-state index is 12.0. The third kappa shape index (κ3) is 2.94. The van der Waals surface area contributed by atoms with Crippen molar-refractivity contribution in [2.45, 2.75) is 26.2 Å². The number of carboxylic acids is 1. The van der Waals surface area contributed by atoms with Crippen LogP contribution in [0, 0.1) is 6.92 Å². The fourth-order valence-corrected chi connectivity index (χ4v) is 1.81. The largest absolute Gasteiger partial charge is 0.481 e. The normalized spacial score (nSPS) is 11.2. The Hall–Kier alpha value is -2.63. The summed E-state index contributed by atoms with van der Waals surface area (Å²) in [5.74, 6) is -0.833. The zero-order valence-electron chi connectivity index (χ0n) is 12.0. The minimum Gasteiger partial charge on any atom is -0.481 e. The number of nitrogens with one attached hydrogen (secondary N) is 1. The molecule has 2 aromatic rings. The highest BCUT2D eigenvalue weighted by molar-refractivity contribution is 6.03. The number of carboxylic acid groups (broad SMARTS) is 1. The summed E-state index contributed by atoms with van der Waals surface area (Å²) in [6.45, 7) is 4.91. The predicted octanol–water partition coefficient (Wildman–Crippen LogP) is 2.60. The number of hydrogen-bond donors (Lipinski definition) is 2. The quantitative estimate of drug-likeness (QED) is 0.902. The Morgan fingerprint density at radius 3 is 2.33 bits per heavy atom. The minimum atomic E-state index is -0.981. The van der Waals surface area contributed by atoms with Crippen molar-refractivity contribution < 1.29 is 19.1 Å². The number of hydrogen-bond acceptors (Lipinski definition) is 4. The summed E-state index contributed by atoms with van der Waals surface area (Å²) >= 11 is 0. The van der Waals surface area contributed by atoms with E-state index in [0.29, 0.717) is 17.0 Å². The summed E-state index contributed by atoms with van der Waals surface area (Å²) in [7, 11) is 0. The lowest BCUT2D eigenvalue weighted by atomic mass is 9.85. The summed E-state index contributed by atoms with van der Waals surface area (Å²) in [5.41, 5.74) is 0.466. The van der Waals surface area contributed by atoms with Crippen molar-refractivity contribution >= 4 is 17.6 Å². The first-order valence-electron chi connectivity index (χ1n) is 6.37. The van der Waals surface area contributed by atoms with E-state index < -0.39 is 11.4 Å². The number of carbonyl (C=O) groups is 2. The van der Waals surface area contributed by atoms with Gasteiger partial charge in [0.1, 0.15) is 5.76 Å². The molecule has 6 heteroatoms. The highest BCUT2D eigenvalue weighted by Crippen LogP contribution is 2.25. The molecule has 2 rings (SSSR count). The van der Waals surface area contributed by atoms with Crippen LogP contribution in [0.1, 0.15) is 35.7 Å². The van der Waals surface area contributed by atoms with E-state index in [4.69, 9.17) is 4.42 Å². The minimum absolute atomic E-state index is 0.227. The highest BCUT2D eigenvalue weighted by Gasteiger charge is 2.29. The number of amides is 1. The molecule has 0 spiro atoms. The van der Waals surface area contributed by atoms with Crippen LogP contribution in [0.2, 0.25) is 0 Å². The van der Waals surface area contributed by atoms with Gasteiger partial charge in [-0.1, -0.05) is 12.1 Å². The molecule has 1 aromatic heterocycles. The number of anilines is 1. The topological polar surface area (TPSA) is 92.4 Å². The van der Waals surface area contributed by atoms with Crippen molar-refractivity contribution in [3.63, 3.8) is 0 Å². The Kier molecular flexibility index (Phi) is 3.80. The van der Waals surface area contributed by atoms with Crippen LogP contribution in [-0.4, -0.2) is 22.0 Å². The Morgan fingerprint density at radius 1 is 1.24 bits per heavy atom. The number of oxazole rings is 1. The molecule has 0 radical (unpaired) electrons. The van der Waals surface area contributed by atoms with E-state index in [1.807, 2.05) is 0 Å². The van der Waals surface area contributed by atoms with Crippen molar-refractivity contribution in [3.05, 3.63) is 47.7 Å². The second kappa shape index (κ2) is 5.40. The van der Waals surface area contributed by atoms with Crippen LogP contribution in [0.4, 0.5) is 5.69 Å². The van der Waals surface area contributed by atoms with Crippen molar-refractivity contribution in [1.82, 2.24) is 4.98 Å². The van der Waals surface area contributed by atoms with E-state index in [9.17, 15) is 14.7 Å². The Morgan fingerprint density at radius 2 is 1.86 bits per heavy atom. The van der Waals surface area contributed by atoms with Crippen molar-refractivity contribution in [2.24, 2.45) is 0 Å². The molecule has 0 aliphatic rings. The van der Waals surface area contributed by atoms with Gasteiger partial charge < -0.3 is 14.8 Å². The van der Waals surface area contributed by atoms with Crippen molar-refractivity contribution in [3.8, 4) is 0 Å².